The molecule has 1 aromatic carbocycles. The zero-order valence-electron chi connectivity index (χ0n) is 13.0. The van der Waals surface area contributed by atoms with E-state index < -0.39 is 23.8 Å². The number of rotatable bonds is 5. The Kier molecular flexibility index (Phi) is 5.02. The van der Waals surface area contributed by atoms with Gasteiger partial charge in [-0.05, 0) is 36.4 Å². The van der Waals surface area contributed by atoms with Crippen molar-refractivity contribution in [2.24, 2.45) is 0 Å². The van der Waals surface area contributed by atoms with E-state index in [0.717, 1.165) is 6.07 Å². The van der Waals surface area contributed by atoms with Gasteiger partial charge in [-0.25, -0.2) is 0 Å². The Balaban J connectivity index is 2.10. The molecule has 6 nitrogen and oxygen atoms in total. The lowest BCUT2D eigenvalue weighted by atomic mass is 10.1. The first-order valence-electron chi connectivity index (χ1n) is 7.48. The van der Waals surface area contributed by atoms with Crippen LogP contribution in [-0.2, 0) is 6.61 Å². The molecule has 0 bridgehead atoms. The third-order valence-corrected chi connectivity index (χ3v) is 3.81. The summed E-state index contributed by atoms with van der Waals surface area (Å²) in [6.45, 7) is -0.460. The van der Waals surface area contributed by atoms with Crippen LogP contribution in [0.25, 0.3) is 0 Å². The maximum Gasteiger partial charge on any atom is 0.227 e. The molecule has 3 N–H and O–H groups in total. The van der Waals surface area contributed by atoms with Gasteiger partial charge in [0.05, 0.1) is 5.69 Å². The summed E-state index contributed by atoms with van der Waals surface area (Å²) in [5.41, 5.74) is 0.589. The SMILES string of the molecule is O=c1cc(CO)oc(C(Nc2ccc(Cl)cc2)c2ccccn2)c1O. The van der Waals surface area contributed by atoms with Crippen molar-refractivity contribution in [3.05, 3.63) is 87.2 Å². The van der Waals surface area contributed by atoms with E-state index in [1.54, 1.807) is 48.7 Å². The van der Waals surface area contributed by atoms with E-state index in [1.807, 2.05) is 0 Å². The number of aliphatic hydroxyl groups is 1. The van der Waals surface area contributed by atoms with E-state index in [1.165, 1.54) is 0 Å². The molecule has 0 radical (unpaired) electrons. The molecule has 0 aliphatic rings. The van der Waals surface area contributed by atoms with Gasteiger partial charge in [0.25, 0.3) is 0 Å². The topological polar surface area (TPSA) is 95.6 Å². The first-order valence-corrected chi connectivity index (χ1v) is 7.86. The van der Waals surface area contributed by atoms with Gasteiger partial charge in [-0.2, -0.15) is 0 Å². The molecule has 3 rings (SSSR count). The number of aliphatic hydroxyl groups excluding tert-OH is 1. The molecule has 3 aromatic rings. The lowest BCUT2D eigenvalue weighted by Crippen LogP contribution is -2.17. The Labute approximate surface area is 148 Å². The van der Waals surface area contributed by atoms with E-state index in [9.17, 15) is 15.0 Å². The molecule has 25 heavy (non-hydrogen) atoms. The predicted octanol–water partition coefficient (Wildman–Crippen LogP) is 3.09. The van der Waals surface area contributed by atoms with Crippen molar-refractivity contribution < 1.29 is 14.6 Å². The third-order valence-electron chi connectivity index (χ3n) is 3.56. The average Bonchev–Trinajstić information content (AvgIpc) is 2.64. The minimum absolute atomic E-state index is 0.0230. The van der Waals surface area contributed by atoms with Gasteiger partial charge < -0.3 is 19.9 Å². The summed E-state index contributed by atoms with van der Waals surface area (Å²) in [5, 5.41) is 23.2. The minimum atomic E-state index is -0.735. The van der Waals surface area contributed by atoms with Gasteiger partial charge in [-0.15, -0.1) is 0 Å². The second-order valence-electron chi connectivity index (χ2n) is 5.29. The summed E-state index contributed by atoms with van der Waals surface area (Å²) >= 11 is 5.90. The van der Waals surface area contributed by atoms with Gasteiger partial charge >= 0.3 is 0 Å². The van der Waals surface area contributed by atoms with Crippen LogP contribution in [0.3, 0.4) is 0 Å². The Morgan fingerprint density at radius 2 is 1.96 bits per heavy atom. The Hall–Kier alpha value is -2.83. The maximum atomic E-state index is 12.0. The number of aromatic hydroxyl groups is 1. The highest BCUT2D eigenvalue weighted by molar-refractivity contribution is 6.30. The maximum absolute atomic E-state index is 12.0. The van der Waals surface area contributed by atoms with Crippen LogP contribution in [0.4, 0.5) is 5.69 Å². The van der Waals surface area contributed by atoms with Crippen LogP contribution in [0.15, 0.2) is 63.9 Å². The van der Waals surface area contributed by atoms with Crippen molar-refractivity contribution in [1.82, 2.24) is 4.98 Å². The molecule has 0 spiro atoms. The molecule has 0 amide bonds. The van der Waals surface area contributed by atoms with Gasteiger partial charge in [0.1, 0.15) is 18.4 Å². The fraction of sp³-hybridized carbons (Fsp3) is 0.111. The monoisotopic (exact) mass is 358 g/mol. The summed E-state index contributed by atoms with van der Waals surface area (Å²) in [4.78, 5) is 16.2. The van der Waals surface area contributed by atoms with Crippen LogP contribution < -0.4 is 10.7 Å². The van der Waals surface area contributed by atoms with E-state index in [-0.39, 0.29) is 11.5 Å². The van der Waals surface area contributed by atoms with Gasteiger partial charge in [-0.1, -0.05) is 17.7 Å². The van der Waals surface area contributed by atoms with Crippen LogP contribution in [0, 0.1) is 0 Å². The van der Waals surface area contributed by atoms with Crippen LogP contribution in [-0.4, -0.2) is 15.2 Å². The number of hydrogen-bond acceptors (Lipinski definition) is 6. The van der Waals surface area contributed by atoms with Crippen molar-refractivity contribution in [3.63, 3.8) is 0 Å². The minimum Gasteiger partial charge on any atom is -0.502 e. The molecule has 0 saturated carbocycles. The first-order chi connectivity index (χ1) is 12.1. The highest BCUT2D eigenvalue weighted by Crippen LogP contribution is 2.30. The molecule has 7 heteroatoms. The zero-order valence-corrected chi connectivity index (χ0v) is 13.8. The molecule has 0 saturated heterocycles. The Morgan fingerprint density at radius 3 is 2.60 bits per heavy atom. The van der Waals surface area contributed by atoms with Crippen molar-refractivity contribution in [3.8, 4) is 5.75 Å². The summed E-state index contributed by atoms with van der Waals surface area (Å²) in [7, 11) is 0. The lowest BCUT2D eigenvalue weighted by Gasteiger charge is -2.20. The lowest BCUT2D eigenvalue weighted by molar-refractivity contribution is 0.234. The first kappa shape index (κ1) is 17.0. The largest absolute Gasteiger partial charge is 0.502 e. The standard InChI is InChI=1S/C18H15ClN2O4/c19-11-4-6-12(7-5-11)21-16(14-3-1-2-8-20-14)18-17(24)15(23)9-13(10-22)25-18/h1-9,16,21-22,24H,10H2. The second kappa shape index (κ2) is 7.38. The zero-order chi connectivity index (χ0) is 17.8. The number of nitrogens with zero attached hydrogens (tertiary/aromatic N) is 1. The molecule has 0 aliphatic carbocycles. The van der Waals surface area contributed by atoms with Crippen LogP contribution in [0.5, 0.6) is 5.75 Å². The van der Waals surface area contributed by atoms with Gasteiger partial charge in [-0.3, -0.25) is 9.78 Å². The van der Waals surface area contributed by atoms with E-state index in [0.29, 0.717) is 16.4 Å². The number of halogens is 1. The molecule has 0 fully saturated rings. The smallest absolute Gasteiger partial charge is 0.227 e. The normalized spacial score (nSPS) is 11.9. The van der Waals surface area contributed by atoms with Gasteiger partial charge in [0.2, 0.25) is 11.2 Å². The van der Waals surface area contributed by atoms with E-state index in [4.69, 9.17) is 16.0 Å². The number of aromatic nitrogens is 1. The summed E-state index contributed by atoms with van der Waals surface area (Å²) < 4.78 is 5.52. The quantitative estimate of drug-likeness (QED) is 0.648. The van der Waals surface area contributed by atoms with Crippen LogP contribution in [0.1, 0.15) is 23.3 Å². The summed E-state index contributed by atoms with van der Waals surface area (Å²) in [6.07, 6.45) is 1.59. The molecule has 2 aromatic heterocycles. The number of anilines is 1. The summed E-state index contributed by atoms with van der Waals surface area (Å²) in [6, 6.07) is 12.5. The molecular formula is C18H15ClN2O4. The Bertz CT molecular complexity index is 911. The summed E-state index contributed by atoms with van der Waals surface area (Å²) in [5.74, 6) is -0.504. The third kappa shape index (κ3) is 3.81. The Morgan fingerprint density at radius 1 is 1.20 bits per heavy atom. The predicted molar refractivity (Wildman–Crippen MR) is 93.7 cm³/mol. The fourth-order valence-electron chi connectivity index (χ4n) is 2.36. The molecule has 2 heterocycles. The molecule has 1 unspecified atom stereocenters. The van der Waals surface area contributed by atoms with Gasteiger partial charge in [0.15, 0.2) is 5.76 Å². The number of nitrogens with one attached hydrogen (secondary N) is 1. The van der Waals surface area contributed by atoms with Crippen molar-refractivity contribution in [2.75, 3.05) is 5.32 Å². The number of hydrogen-bond donors (Lipinski definition) is 3. The van der Waals surface area contributed by atoms with Crippen molar-refractivity contribution in [1.29, 1.82) is 0 Å². The molecule has 1 atom stereocenters. The van der Waals surface area contributed by atoms with E-state index >= 15 is 0 Å². The number of benzene rings is 1. The molecule has 128 valence electrons. The van der Waals surface area contributed by atoms with Gasteiger partial charge in [0, 0.05) is 23.0 Å². The molecule has 0 aliphatic heterocycles. The van der Waals surface area contributed by atoms with Crippen molar-refractivity contribution in [2.45, 2.75) is 12.6 Å². The highest BCUT2D eigenvalue weighted by Gasteiger charge is 2.24. The van der Waals surface area contributed by atoms with Crippen LogP contribution in [0.2, 0.25) is 5.02 Å². The van der Waals surface area contributed by atoms with E-state index in [2.05, 4.69) is 10.3 Å². The second-order valence-corrected chi connectivity index (χ2v) is 5.72. The van der Waals surface area contributed by atoms with Crippen molar-refractivity contribution >= 4 is 17.3 Å². The highest BCUT2D eigenvalue weighted by atomic mass is 35.5. The average molecular weight is 359 g/mol. The fourth-order valence-corrected chi connectivity index (χ4v) is 2.49. The van der Waals surface area contributed by atoms with Crippen LogP contribution >= 0.6 is 11.6 Å². The molecular weight excluding hydrogens is 344 g/mol. The number of pyridine rings is 1.